The van der Waals surface area contributed by atoms with E-state index in [2.05, 4.69) is 32.1 Å². The summed E-state index contributed by atoms with van der Waals surface area (Å²) in [5.41, 5.74) is 2.06. The Bertz CT molecular complexity index is 921. The number of piperazine rings is 1. The molecule has 3 aromatic rings. The predicted molar refractivity (Wildman–Crippen MR) is 109 cm³/mol. The average Bonchev–Trinajstić information content (AvgIpc) is 3.12. The third kappa shape index (κ3) is 3.13. The first kappa shape index (κ1) is 17.5. The summed E-state index contributed by atoms with van der Waals surface area (Å²) >= 11 is 7.89. The second-order valence-electron chi connectivity index (χ2n) is 6.29. The van der Waals surface area contributed by atoms with Crippen molar-refractivity contribution in [2.45, 2.75) is 6.92 Å². The van der Waals surface area contributed by atoms with Gasteiger partial charge < -0.3 is 14.5 Å². The summed E-state index contributed by atoms with van der Waals surface area (Å²) in [5.74, 6) is 1.81. The van der Waals surface area contributed by atoms with E-state index in [4.69, 9.17) is 16.3 Å². The van der Waals surface area contributed by atoms with E-state index in [-0.39, 0.29) is 0 Å². The molecule has 3 heterocycles. The van der Waals surface area contributed by atoms with Crippen molar-refractivity contribution in [3.8, 4) is 16.9 Å². The van der Waals surface area contributed by atoms with Gasteiger partial charge in [-0.1, -0.05) is 18.5 Å². The number of methoxy groups -OCH3 is 1. The molecule has 0 unspecified atom stereocenters. The van der Waals surface area contributed by atoms with Crippen molar-refractivity contribution in [2.75, 3.05) is 44.7 Å². The summed E-state index contributed by atoms with van der Waals surface area (Å²) in [6, 6.07) is 5.71. The number of anilines is 1. The monoisotopic (exact) mass is 388 g/mol. The molecule has 0 bridgehead atoms. The molecule has 4 rings (SSSR count). The summed E-state index contributed by atoms with van der Waals surface area (Å²) in [6.45, 7) is 7.37. The third-order valence-electron chi connectivity index (χ3n) is 4.92. The Morgan fingerprint density at radius 1 is 1.15 bits per heavy atom. The fraction of sp³-hybridized carbons (Fsp3) is 0.368. The van der Waals surface area contributed by atoms with Crippen LogP contribution in [0, 0.1) is 0 Å². The minimum Gasteiger partial charge on any atom is -0.496 e. The van der Waals surface area contributed by atoms with Crippen LogP contribution in [0.15, 0.2) is 29.9 Å². The first-order chi connectivity index (χ1) is 12.7. The van der Waals surface area contributed by atoms with E-state index >= 15 is 0 Å². The summed E-state index contributed by atoms with van der Waals surface area (Å²) < 4.78 is 5.57. The van der Waals surface area contributed by atoms with Crippen molar-refractivity contribution in [1.82, 2.24) is 14.9 Å². The van der Waals surface area contributed by atoms with E-state index in [9.17, 15) is 0 Å². The second kappa shape index (κ2) is 7.39. The molecular weight excluding hydrogens is 368 g/mol. The minimum absolute atomic E-state index is 0.690. The fourth-order valence-electron chi connectivity index (χ4n) is 3.46. The molecule has 2 aromatic heterocycles. The minimum atomic E-state index is 0.690. The van der Waals surface area contributed by atoms with Gasteiger partial charge in [-0.2, -0.15) is 0 Å². The number of rotatable bonds is 4. The van der Waals surface area contributed by atoms with Crippen LogP contribution < -0.4 is 9.64 Å². The quantitative estimate of drug-likeness (QED) is 0.671. The average molecular weight is 389 g/mol. The van der Waals surface area contributed by atoms with Gasteiger partial charge in [0.1, 0.15) is 22.7 Å². The molecule has 1 aliphatic heterocycles. The van der Waals surface area contributed by atoms with Gasteiger partial charge in [-0.15, -0.1) is 11.3 Å². The molecule has 7 heteroatoms. The van der Waals surface area contributed by atoms with Crippen LogP contribution in [-0.4, -0.2) is 54.7 Å². The number of halogens is 1. The Morgan fingerprint density at radius 2 is 1.96 bits per heavy atom. The van der Waals surface area contributed by atoms with Gasteiger partial charge in [0.25, 0.3) is 0 Å². The first-order valence-electron chi connectivity index (χ1n) is 8.74. The molecule has 0 atom stereocenters. The Morgan fingerprint density at radius 3 is 2.69 bits per heavy atom. The molecule has 0 N–H and O–H groups in total. The first-order valence-corrected chi connectivity index (χ1v) is 10.0. The lowest BCUT2D eigenvalue weighted by Gasteiger charge is -2.35. The Labute approximate surface area is 162 Å². The van der Waals surface area contributed by atoms with Crippen LogP contribution in [0.5, 0.6) is 5.75 Å². The normalized spacial score (nSPS) is 15.6. The summed E-state index contributed by atoms with van der Waals surface area (Å²) in [5, 5.41) is 3.90. The van der Waals surface area contributed by atoms with Crippen molar-refractivity contribution in [3.05, 3.63) is 34.9 Å². The summed E-state index contributed by atoms with van der Waals surface area (Å²) in [6.07, 6.45) is 1.67. The highest BCUT2D eigenvalue weighted by molar-refractivity contribution is 7.17. The maximum atomic E-state index is 6.26. The van der Waals surface area contributed by atoms with Gasteiger partial charge in [-0.3, -0.25) is 0 Å². The number of thiophene rings is 1. The van der Waals surface area contributed by atoms with E-state index < -0.39 is 0 Å². The highest BCUT2D eigenvalue weighted by Gasteiger charge is 2.22. The number of benzene rings is 1. The lowest BCUT2D eigenvalue weighted by atomic mass is 10.0. The molecule has 0 amide bonds. The highest BCUT2D eigenvalue weighted by atomic mass is 35.5. The topological polar surface area (TPSA) is 41.5 Å². The molecule has 0 spiro atoms. The number of hydrogen-bond donors (Lipinski definition) is 0. The zero-order valence-corrected chi connectivity index (χ0v) is 16.5. The Hall–Kier alpha value is -1.89. The van der Waals surface area contributed by atoms with Crippen molar-refractivity contribution in [1.29, 1.82) is 0 Å². The molecule has 1 fully saturated rings. The Kier molecular flexibility index (Phi) is 4.98. The zero-order valence-electron chi connectivity index (χ0n) is 14.9. The molecule has 1 aromatic carbocycles. The molecule has 26 heavy (non-hydrogen) atoms. The van der Waals surface area contributed by atoms with Gasteiger partial charge in [0, 0.05) is 47.7 Å². The van der Waals surface area contributed by atoms with E-state index in [0.29, 0.717) is 5.02 Å². The number of fused-ring (bicyclic) bond motifs is 1. The summed E-state index contributed by atoms with van der Waals surface area (Å²) in [4.78, 5) is 15.0. The maximum Gasteiger partial charge on any atom is 0.141 e. The number of hydrogen-bond acceptors (Lipinski definition) is 6. The van der Waals surface area contributed by atoms with Crippen molar-refractivity contribution in [3.63, 3.8) is 0 Å². The van der Waals surface area contributed by atoms with E-state index in [0.717, 1.165) is 65.6 Å². The molecular formula is C19H21ClN4OS. The van der Waals surface area contributed by atoms with Gasteiger partial charge in [0.2, 0.25) is 0 Å². The largest absolute Gasteiger partial charge is 0.496 e. The molecule has 136 valence electrons. The van der Waals surface area contributed by atoms with Crippen LogP contribution in [-0.2, 0) is 0 Å². The van der Waals surface area contributed by atoms with E-state index in [1.54, 1.807) is 24.8 Å². The molecule has 1 saturated heterocycles. The van der Waals surface area contributed by atoms with E-state index in [1.165, 1.54) is 0 Å². The lowest BCUT2D eigenvalue weighted by Crippen LogP contribution is -2.46. The molecule has 0 radical (unpaired) electrons. The van der Waals surface area contributed by atoms with Crippen LogP contribution in [0.25, 0.3) is 21.3 Å². The second-order valence-corrected chi connectivity index (χ2v) is 7.59. The number of likely N-dealkylation sites (N-methyl/N-ethyl adjacent to an activating group) is 1. The fourth-order valence-corrected chi connectivity index (χ4v) is 4.54. The van der Waals surface area contributed by atoms with Crippen LogP contribution >= 0.6 is 22.9 Å². The van der Waals surface area contributed by atoms with Crippen LogP contribution in [0.4, 0.5) is 5.82 Å². The standard InChI is InChI=1S/C19H21ClN4OS/c1-3-23-6-8-24(9-7-23)18-17-15(11-26-19(17)22-12-21-18)14-10-13(20)4-5-16(14)25-2/h4-5,10-12H,3,6-9H2,1-2H3. The number of ether oxygens (including phenoxy) is 1. The van der Waals surface area contributed by atoms with Crippen LogP contribution in [0.2, 0.25) is 5.02 Å². The molecule has 5 nitrogen and oxygen atoms in total. The molecule has 0 saturated carbocycles. The predicted octanol–water partition coefficient (Wildman–Crippen LogP) is 4.16. The zero-order chi connectivity index (χ0) is 18.1. The van der Waals surface area contributed by atoms with Gasteiger partial charge >= 0.3 is 0 Å². The highest BCUT2D eigenvalue weighted by Crippen LogP contribution is 2.42. The van der Waals surface area contributed by atoms with Crippen LogP contribution in [0.3, 0.4) is 0 Å². The van der Waals surface area contributed by atoms with Crippen LogP contribution in [0.1, 0.15) is 6.92 Å². The maximum absolute atomic E-state index is 6.26. The van der Waals surface area contributed by atoms with Gasteiger partial charge in [-0.25, -0.2) is 9.97 Å². The SMILES string of the molecule is CCN1CCN(c2ncnc3scc(-c4cc(Cl)ccc4OC)c23)CC1. The number of aromatic nitrogens is 2. The van der Waals surface area contributed by atoms with Gasteiger partial charge in [0.15, 0.2) is 0 Å². The van der Waals surface area contributed by atoms with Crippen molar-refractivity contribution >= 4 is 39.0 Å². The van der Waals surface area contributed by atoms with E-state index in [1.807, 2.05) is 18.2 Å². The molecule has 1 aliphatic rings. The third-order valence-corrected chi connectivity index (χ3v) is 6.04. The summed E-state index contributed by atoms with van der Waals surface area (Å²) in [7, 11) is 1.68. The van der Waals surface area contributed by atoms with Gasteiger partial charge in [-0.05, 0) is 24.7 Å². The molecule has 0 aliphatic carbocycles. The van der Waals surface area contributed by atoms with Crippen molar-refractivity contribution in [2.24, 2.45) is 0 Å². The number of nitrogens with zero attached hydrogens (tertiary/aromatic N) is 4. The smallest absolute Gasteiger partial charge is 0.141 e. The lowest BCUT2D eigenvalue weighted by molar-refractivity contribution is 0.271. The Balaban J connectivity index is 1.82. The van der Waals surface area contributed by atoms with Crippen molar-refractivity contribution < 1.29 is 4.74 Å². The van der Waals surface area contributed by atoms with Gasteiger partial charge in [0.05, 0.1) is 12.5 Å².